The first-order chi connectivity index (χ1) is 16.3. The minimum atomic E-state index is 0.190. The van der Waals surface area contributed by atoms with Gasteiger partial charge in [-0.2, -0.15) is 0 Å². The van der Waals surface area contributed by atoms with Crippen molar-refractivity contribution < 1.29 is 4.74 Å². The van der Waals surface area contributed by atoms with Gasteiger partial charge in [0, 0.05) is 33.5 Å². The summed E-state index contributed by atoms with van der Waals surface area (Å²) in [7, 11) is 0. The highest BCUT2D eigenvalue weighted by Gasteiger charge is 2.25. The van der Waals surface area contributed by atoms with E-state index in [1.165, 1.54) is 22.0 Å². The molecule has 0 atom stereocenters. The summed E-state index contributed by atoms with van der Waals surface area (Å²) >= 11 is 0. The summed E-state index contributed by atoms with van der Waals surface area (Å²) in [6, 6.07) is 21.3. The molecule has 33 heavy (non-hydrogen) atoms. The summed E-state index contributed by atoms with van der Waals surface area (Å²) in [6.45, 7) is 8.06. The number of ether oxygens (including phenoxy) is 1. The quantitative estimate of drug-likeness (QED) is 0.301. The fraction of sp³-hybridized carbons (Fsp3) is 0.0323. The Kier molecular flexibility index (Phi) is 4.51. The highest BCUT2D eigenvalue weighted by atomic mass is 16.5. The van der Waals surface area contributed by atoms with Gasteiger partial charge < -0.3 is 9.30 Å². The van der Waals surface area contributed by atoms with Gasteiger partial charge in [-0.25, -0.2) is 0 Å². The van der Waals surface area contributed by atoms with Gasteiger partial charge in [0.2, 0.25) is 0 Å². The second kappa shape index (κ2) is 7.68. The lowest BCUT2D eigenvalue weighted by Gasteiger charge is -2.23. The average Bonchev–Trinajstić information content (AvgIpc) is 3.48. The van der Waals surface area contributed by atoms with Crippen LogP contribution in [-0.2, 0) is 0 Å². The van der Waals surface area contributed by atoms with Crippen LogP contribution >= 0.6 is 0 Å². The summed E-state index contributed by atoms with van der Waals surface area (Å²) in [5.41, 5.74) is 6.81. The fourth-order valence-electron chi connectivity index (χ4n) is 4.91. The standard InChI is InChI=1S/C31H23NO/c1-3-4-5-16-28(22-12-6-7-13-22)32-29-17-10-8-14-23(29)27-19-26-24-15-9-11-18-31(24)33-21(2)25(26)20-30(27)32/h3-20,22H,1-2H2/b5-4-,28-16+. The van der Waals surface area contributed by atoms with Gasteiger partial charge in [-0.1, -0.05) is 92.1 Å². The predicted octanol–water partition coefficient (Wildman–Crippen LogP) is 8.15. The van der Waals surface area contributed by atoms with E-state index < -0.39 is 0 Å². The van der Waals surface area contributed by atoms with Gasteiger partial charge in [-0.05, 0) is 35.9 Å². The number of hydrogen-bond acceptors (Lipinski definition) is 1. The first-order valence-corrected chi connectivity index (χ1v) is 11.1. The van der Waals surface area contributed by atoms with Gasteiger partial charge in [0.1, 0.15) is 11.5 Å². The molecule has 1 aliphatic carbocycles. The van der Waals surface area contributed by atoms with Crippen molar-refractivity contribution in [1.29, 1.82) is 0 Å². The monoisotopic (exact) mass is 425 g/mol. The number of nitrogens with zero attached hydrogens (tertiary/aromatic N) is 1. The highest BCUT2D eigenvalue weighted by Crippen LogP contribution is 2.45. The summed E-state index contributed by atoms with van der Waals surface area (Å²) in [4.78, 5) is 0. The van der Waals surface area contributed by atoms with Gasteiger partial charge in [-0.15, -0.1) is 0 Å². The van der Waals surface area contributed by atoms with E-state index in [-0.39, 0.29) is 5.92 Å². The van der Waals surface area contributed by atoms with Crippen molar-refractivity contribution in [3.8, 4) is 16.9 Å². The first-order valence-electron chi connectivity index (χ1n) is 11.1. The third-order valence-corrected chi connectivity index (χ3v) is 6.38. The molecule has 1 aliphatic heterocycles. The Morgan fingerprint density at radius 3 is 2.45 bits per heavy atom. The zero-order valence-corrected chi connectivity index (χ0v) is 18.2. The van der Waals surface area contributed by atoms with E-state index in [1.54, 1.807) is 6.08 Å². The molecule has 1 aromatic heterocycles. The van der Waals surface area contributed by atoms with Gasteiger partial charge in [-0.3, -0.25) is 0 Å². The molecule has 0 N–H and O–H groups in total. The van der Waals surface area contributed by atoms with Crippen molar-refractivity contribution in [1.82, 2.24) is 4.57 Å². The Hall–Kier alpha value is -4.30. The molecule has 0 spiro atoms. The molecule has 2 nitrogen and oxygen atoms in total. The molecule has 2 heteroatoms. The lowest BCUT2D eigenvalue weighted by atomic mass is 9.93. The van der Waals surface area contributed by atoms with Crippen molar-refractivity contribution in [2.24, 2.45) is 5.92 Å². The molecule has 0 amide bonds. The van der Waals surface area contributed by atoms with Crippen molar-refractivity contribution in [3.05, 3.63) is 128 Å². The smallest absolute Gasteiger partial charge is 0.135 e. The molecule has 0 fully saturated rings. The Labute approximate surface area is 193 Å². The second-order valence-electron chi connectivity index (χ2n) is 8.30. The van der Waals surface area contributed by atoms with Crippen LogP contribution < -0.4 is 4.74 Å². The normalized spacial score (nSPS) is 15.4. The SMILES string of the molecule is C=C/C=C\C=C(/C1C=CC=C1)n1c2ccccc2c2cc3c(cc21)C(=C)Oc1ccccc1-3. The molecule has 2 aliphatic rings. The Morgan fingerprint density at radius 1 is 0.818 bits per heavy atom. The van der Waals surface area contributed by atoms with Crippen LogP contribution in [0, 0.1) is 5.92 Å². The molecule has 0 radical (unpaired) electrons. The largest absolute Gasteiger partial charge is 0.457 e. The van der Waals surface area contributed by atoms with Gasteiger partial charge in [0.15, 0.2) is 0 Å². The third kappa shape index (κ3) is 3.03. The Morgan fingerprint density at radius 2 is 1.61 bits per heavy atom. The molecule has 2 heterocycles. The maximum Gasteiger partial charge on any atom is 0.135 e. The first kappa shape index (κ1) is 19.4. The van der Waals surface area contributed by atoms with Gasteiger partial charge in [0.05, 0.1) is 11.0 Å². The summed E-state index contributed by atoms with van der Waals surface area (Å²) in [5.74, 6) is 1.73. The van der Waals surface area contributed by atoms with Crippen molar-refractivity contribution in [2.75, 3.05) is 0 Å². The molecule has 3 aromatic carbocycles. The molecular formula is C31H23NO. The average molecular weight is 426 g/mol. The number of hydrogen-bond donors (Lipinski definition) is 0. The minimum absolute atomic E-state index is 0.190. The molecule has 0 unspecified atom stereocenters. The zero-order valence-electron chi connectivity index (χ0n) is 18.2. The van der Waals surface area contributed by atoms with Crippen LogP contribution in [0.4, 0.5) is 0 Å². The van der Waals surface area contributed by atoms with Crippen LogP contribution in [0.15, 0.2) is 122 Å². The number of para-hydroxylation sites is 2. The molecule has 6 rings (SSSR count). The molecule has 4 aromatic rings. The molecular weight excluding hydrogens is 402 g/mol. The maximum atomic E-state index is 6.10. The molecule has 0 saturated heterocycles. The topological polar surface area (TPSA) is 14.2 Å². The van der Waals surface area contributed by atoms with E-state index in [0.29, 0.717) is 5.76 Å². The predicted molar refractivity (Wildman–Crippen MR) is 140 cm³/mol. The molecule has 0 saturated carbocycles. The Bertz CT molecular complexity index is 1560. The van der Waals surface area contributed by atoms with Crippen LogP contribution in [-0.4, -0.2) is 4.57 Å². The van der Waals surface area contributed by atoms with E-state index in [4.69, 9.17) is 4.74 Å². The number of aromatic nitrogens is 1. The van der Waals surface area contributed by atoms with Crippen molar-refractivity contribution >= 4 is 33.3 Å². The lowest BCUT2D eigenvalue weighted by molar-refractivity contribution is 0.514. The van der Waals surface area contributed by atoms with E-state index in [1.807, 2.05) is 18.2 Å². The van der Waals surface area contributed by atoms with E-state index in [2.05, 4.69) is 103 Å². The maximum absolute atomic E-state index is 6.10. The summed E-state index contributed by atoms with van der Waals surface area (Å²) in [6.07, 6.45) is 16.7. The molecule has 158 valence electrons. The highest BCUT2D eigenvalue weighted by molar-refractivity contribution is 6.13. The van der Waals surface area contributed by atoms with Crippen LogP contribution in [0.3, 0.4) is 0 Å². The number of allylic oxidation sites excluding steroid dienone is 9. The van der Waals surface area contributed by atoms with Crippen LogP contribution in [0.2, 0.25) is 0 Å². The van der Waals surface area contributed by atoms with Gasteiger partial charge in [0.25, 0.3) is 0 Å². The number of benzene rings is 3. The van der Waals surface area contributed by atoms with Crippen LogP contribution in [0.1, 0.15) is 5.56 Å². The molecule has 0 bridgehead atoms. The van der Waals surface area contributed by atoms with E-state index >= 15 is 0 Å². The fourth-order valence-corrected chi connectivity index (χ4v) is 4.91. The summed E-state index contributed by atoms with van der Waals surface area (Å²) in [5, 5.41) is 2.45. The third-order valence-electron chi connectivity index (χ3n) is 6.38. The van der Waals surface area contributed by atoms with Gasteiger partial charge >= 0.3 is 0 Å². The lowest BCUT2D eigenvalue weighted by Crippen LogP contribution is -2.06. The van der Waals surface area contributed by atoms with E-state index in [9.17, 15) is 0 Å². The van der Waals surface area contributed by atoms with Crippen molar-refractivity contribution in [3.63, 3.8) is 0 Å². The second-order valence-corrected chi connectivity index (χ2v) is 8.30. The van der Waals surface area contributed by atoms with Crippen LogP contribution in [0.25, 0.3) is 44.4 Å². The minimum Gasteiger partial charge on any atom is -0.457 e. The summed E-state index contributed by atoms with van der Waals surface area (Å²) < 4.78 is 8.47. The number of fused-ring (bicyclic) bond motifs is 6. The number of rotatable bonds is 4. The zero-order chi connectivity index (χ0) is 22.4. The Balaban J connectivity index is 1.70. The van der Waals surface area contributed by atoms with Crippen molar-refractivity contribution in [2.45, 2.75) is 0 Å². The van der Waals surface area contributed by atoms with Crippen LogP contribution in [0.5, 0.6) is 5.75 Å². The van der Waals surface area contributed by atoms with E-state index in [0.717, 1.165) is 28.0 Å².